The zero-order valence-corrected chi connectivity index (χ0v) is 18.4. The molecular weight excluding hydrogens is 328 g/mol. The molecule has 0 N–H and O–H groups in total. The minimum atomic E-state index is -0.961. The van der Waals surface area contributed by atoms with E-state index in [0.29, 0.717) is 0 Å². The van der Waals surface area contributed by atoms with Crippen LogP contribution >= 0.6 is 0 Å². The van der Waals surface area contributed by atoms with Crippen LogP contribution in [0, 0.1) is 5.41 Å². The Balaban J connectivity index is 2.50. The second-order valence-corrected chi connectivity index (χ2v) is 12.0. The van der Waals surface area contributed by atoms with Crippen molar-refractivity contribution in [1.29, 1.82) is 0 Å². The molecule has 0 aliphatic heterocycles. The monoisotopic (exact) mass is 367 g/mol. The van der Waals surface area contributed by atoms with E-state index in [9.17, 15) is 4.21 Å². The van der Waals surface area contributed by atoms with Gasteiger partial charge in [0, 0.05) is 18.5 Å². The van der Waals surface area contributed by atoms with Crippen molar-refractivity contribution < 1.29 is 8.69 Å². The van der Waals surface area contributed by atoms with Gasteiger partial charge in [0.1, 0.15) is 6.54 Å². The van der Waals surface area contributed by atoms with Gasteiger partial charge >= 0.3 is 0 Å². The molecule has 0 fully saturated rings. The van der Waals surface area contributed by atoms with E-state index in [1.807, 2.05) is 11.4 Å². The summed E-state index contributed by atoms with van der Waals surface area (Å²) in [5.41, 5.74) is 1.56. The Bertz CT molecular complexity index is 547. The second-order valence-electron chi connectivity index (χ2n) is 9.75. The smallest absolute Gasteiger partial charge is 0.104 e. The minimum absolute atomic E-state index is 0.189. The number of benzene rings is 1. The normalized spacial score (nSPS) is 14.8. The first-order valence-electron chi connectivity index (χ1n) is 9.32. The zero-order valence-electron chi connectivity index (χ0n) is 17.6. The van der Waals surface area contributed by atoms with Gasteiger partial charge in [0.15, 0.2) is 0 Å². The first kappa shape index (κ1) is 22.3. The van der Waals surface area contributed by atoms with Crippen LogP contribution < -0.4 is 0 Å². The first-order chi connectivity index (χ1) is 11.3. The van der Waals surface area contributed by atoms with Crippen LogP contribution in [0.2, 0.25) is 0 Å². The lowest BCUT2D eigenvalue weighted by Gasteiger charge is -2.35. The van der Waals surface area contributed by atoms with Crippen LogP contribution in [0.25, 0.3) is 0 Å². The summed E-state index contributed by atoms with van der Waals surface area (Å²) in [7, 11) is 5.58. The first-order valence-corrected chi connectivity index (χ1v) is 10.4. The maximum Gasteiger partial charge on any atom is 0.104 e. The Labute approximate surface area is 158 Å². The van der Waals surface area contributed by atoms with Crippen molar-refractivity contribution in [2.24, 2.45) is 5.41 Å². The Morgan fingerprint density at radius 3 is 2.12 bits per heavy atom. The van der Waals surface area contributed by atoms with Crippen LogP contribution in [0.3, 0.4) is 0 Å². The van der Waals surface area contributed by atoms with E-state index in [4.69, 9.17) is 0 Å². The molecule has 0 saturated carbocycles. The highest BCUT2D eigenvalue weighted by Crippen LogP contribution is 2.31. The minimum Gasteiger partial charge on any atom is -0.325 e. The van der Waals surface area contributed by atoms with E-state index in [1.54, 1.807) is 0 Å². The predicted molar refractivity (Wildman–Crippen MR) is 111 cm³/mol. The molecule has 0 aliphatic rings. The van der Waals surface area contributed by atoms with Gasteiger partial charge in [-0.3, -0.25) is 0 Å². The average Bonchev–Trinajstić information content (AvgIpc) is 2.44. The van der Waals surface area contributed by atoms with Gasteiger partial charge in [0.05, 0.1) is 36.4 Å². The molecule has 144 valence electrons. The maximum atomic E-state index is 12.9. The fourth-order valence-corrected chi connectivity index (χ4v) is 5.42. The number of rotatable bonds is 9. The van der Waals surface area contributed by atoms with Crippen LogP contribution in [0.1, 0.15) is 53.0 Å². The number of nitrogens with zero attached hydrogens (tertiary/aromatic N) is 2. The Hall–Kier alpha value is -0.710. The summed E-state index contributed by atoms with van der Waals surface area (Å²) in [5, 5.41) is 0. The lowest BCUT2D eigenvalue weighted by Crippen LogP contribution is -2.43. The van der Waals surface area contributed by atoms with Crippen molar-refractivity contribution >= 4 is 11.0 Å². The van der Waals surface area contributed by atoms with Crippen LogP contribution in [-0.4, -0.2) is 52.0 Å². The van der Waals surface area contributed by atoms with Crippen molar-refractivity contribution in [1.82, 2.24) is 4.31 Å². The van der Waals surface area contributed by atoms with Crippen LogP contribution in [0.5, 0.6) is 0 Å². The highest BCUT2D eigenvalue weighted by molar-refractivity contribution is 7.84. The maximum absolute atomic E-state index is 12.9. The highest BCUT2D eigenvalue weighted by atomic mass is 32.2. The van der Waals surface area contributed by atoms with Gasteiger partial charge in [0.25, 0.3) is 0 Å². The molecule has 0 aromatic heterocycles. The number of quaternary nitrogens is 1. The Kier molecular flexibility index (Phi) is 7.85. The SMILES string of the molecule is CN(CCC[N+](C)(C)Cc1ccccc1)S(=O)C(C)(C)CC(C)(C)C. The molecule has 0 amide bonds. The fourth-order valence-electron chi connectivity index (χ4n) is 3.72. The van der Waals surface area contributed by atoms with E-state index >= 15 is 0 Å². The molecule has 1 unspecified atom stereocenters. The number of hydrogen-bond acceptors (Lipinski definition) is 1. The van der Waals surface area contributed by atoms with E-state index in [0.717, 1.165) is 37.0 Å². The van der Waals surface area contributed by atoms with Gasteiger partial charge in [-0.2, -0.15) is 0 Å². The number of hydrogen-bond donors (Lipinski definition) is 0. The Morgan fingerprint density at radius 2 is 1.60 bits per heavy atom. The molecule has 1 aromatic carbocycles. The highest BCUT2D eigenvalue weighted by Gasteiger charge is 2.33. The summed E-state index contributed by atoms with van der Waals surface area (Å²) in [6, 6.07) is 10.6. The van der Waals surface area contributed by atoms with Crippen molar-refractivity contribution in [2.45, 2.75) is 58.8 Å². The summed E-state index contributed by atoms with van der Waals surface area (Å²) >= 11 is 0. The van der Waals surface area contributed by atoms with Crippen molar-refractivity contribution in [2.75, 3.05) is 34.2 Å². The lowest BCUT2D eigenvalue weighted by atomic mass is 9.86. The van der Waals surface area contributed by atoms with Crippen LogP contribution in [-0.2, 0) is 17.5 Å². The molecule has 0 heterocycles. The second kappa shape index (κ2) is 8.79. The van der Waals surface area contributed by atoms with Crippen molar-refractivity contribution in [3.8, 4) is 0 Å². The van der Waals surface area contributed by atoms with E-state index < -0.39 is 11.0 Å². The van der Waals surface area contributed by atoms with E-state index in [1.165, 1.54) is 5.56 Å². The third kappa shape index (κ3) is 8.48. The fraction of sp³-hybridized carbons (Fsp3) is 0.714. The molecule has 1 atom stereocenters. The topological polar surface area (TPSA) is 20.3 Å². The van der Waals surface area contributed by atoms with Gasteiger partial charge in [-0.05, 0) is 32.7 Å². The quantitative estimate of drug-likeness (QED) is 0.590. The van der Waals surface area contributed by atoms with Crippen molar-refractivity contribution in [3.05, 3.63) is 35.9 Å². The third-order valence-electron chi connectivity index (χ3n) is 4.40. The third-order valence-corrected chi connectivity index (χ3v) is 6.24. The van der Waals surface area contributed by atoms with Crippen LogP contribution in [0.4, 0.5) is 0 Å². The van der Waals surface area contributed by atoms with E-state index in [-0.39, 0.29) is 10.2 Å². The summed E-state index contributed by atoms with van der Waals surface area (Å²) in [4.78, 5) is 0. The van der Waals surface area contributed by atoms with Gasteiger partial charge < -0.3 is 4.48 Å². The summed E-state index contributed by atoms with van der Waals surface area (Å²) < 4.78 is 15.7. The molecule has 0 radical (unpaired) electrons. The standard InChI is InChI=1S/C21H39N2OS/c1-20(2,3)18-21(4,5)25(24)22(6)15-12-16-23(7,8)17-19-13-10-9-11-14-19/h9-11,13-14H,12,15-18H2,1-8H3/q+1. The molecule has 3 nitrogen and oxygen atoms in total. The lowest BCUT2D eigenvalue weighted by molar-refractivity contribution is -0.903. The molecule has 1 aromatic rings. The average molecular weight is 368 g/mol. The van der Waals surface area contributed by atoms with Gasteiger partial charge in [0.2, 0.25) is 0 Å². The molecule has 0 bridgehead atoms. The molecule has 25 heavy (non-hydrogen) atoms. The molecule has 0 aliphatic carbocycles. The van der Waals surface area contributed by atoms with Gasteiger partial charge in [-0.15, -0.1) is 0 Å². The largest absolute Gasteiger partial charge is 0.325 e. The zero-order chi connectivity index (χ0) is 19.3. The summed E-state index contributed by atoms with van der Waals surface area (Å²) in [6.45, 7) is 13.9. The molecule has 0 spiro atoms. The van der Waals surface area contributed by atoms with Crippen molar-refractivity contribution in [3.63, 3.8) is 0 Å². The van der Waals surface area contributed by atoms with Crippen LogP contribution in [0.15, 0.2) is 30.3 Å². The van der Waals surface area contributed by atoms with Gasteiger partial charge in [-0.25, -0.2) is 8.51 Å². The van der Waals surface area contributed by atoms with Gasteiger partial charge in [-0.1, -0.05) is 51.1 Å². The Morgan fingerprint density at radius 1 is 1.04 bits per heavy atom. The predicted octanol–water partition coefficient (Wildman–Crippen LogP) is 4.46. The molecule has 1 rings (SSSR count). The summed E-state index contributed by atoms with van der Waals surface area (Å²) in [5.74, 6) is 0. The summed E-state index contributed by atoms with van der Waals surface area (Å²) in [6.07, 6.45) is 2.00. The molecular formula is C21H39N2OS+. The molecule has 0 saturated heterocycles. The molecule has 4 heteroatoms. The van der Waals surface area contributed by atoms with E-state index in [2.05, 4.69) is 79.0 Å².